The highest BCUT2D eigenvalue weighted by molar-refractivity contribution is 6.30. The molecule has 1 aliphatic heterocycles. The number of hydrogen-bond acceptors (Lipinski definition) is 4. The molecule has 0 spiro atoms. The fourth-order valence-electron chi connectivity index (χ4n) is 2.36. The van der Waals surface area contributed by atoms with Crippen LogP contribution in [0.3, 0.4) is 0 Å². The Bertz CT molecular complexity index is 394. The van der Waals surface area contributed by atoms with Crippen molar-refractivity contribution in [2.45, 2.75) is 38.7 Å². The van der Waals surface area contributed by atoms with Crippen molar-refractivity contribution in [3.63, 3.8) is 0 Å². The third kappa shape index (κ3) is 3.12. The standard InChI is InChI=1S/C13H20ClN3O/c1-3-11-12(14)15-9-16-13(11)17(2)8-10-6-4-5-7-18-10/h9-10H,3-8H2,1-2H3. The molecule has 0 amide bonds. The third-order valence-electron chi connectivity index (χ3n) is 3.34. The minimum Gasteiger partial charge on any atom is -0.376 e. The highest BCUT2D eigenvalue weighted by Gasteiger charge is 2.19. The van der Waals surface area contributed by atoms with Gasteiger partial charge in [-0.2, -0.15) is 0 Å². The number of hydrogen-bond donors (Lipinski definition) is 0. The van der Waals surface area contributed by atoms with Gasteiger partial charge in [-0.1, -0.05) is 18.5 Å². The van der Waals surface area contributed by atoms with Crippen LogP contribution in [-0.4, -0.2) is 36.3 Å². The van der Waals surface area contributed by atoms with Crippen LogP contribution in [0.4, 0.5) is 5.82 Å². The Morgan fingerprint density at radius 1 is 1.44 bits per heavy atom. The second-order valence-electron chi connectivity index (χ2n) is 4.69. The van der Waals surface area contributed by atoms with Crippen molar-refractivity contribution < 1.29 is 4.74 Å². The van der Waals surface area contributed by atoms with Crippen molar-refractivity contribution in [2.75, 3.05) is 25.1 Å². The largest absolute Gasteiger partial charge is 0.376 e. The predicted octanol–water partition coefficient (Wildman–Crippen LogP) is 2.70. The van der Waals surface area contributed by atoms with Gasteiger partial charge in [-0.25, -0.2) is 9.97 Å². The molecule has 5 heteroatoms. The second-order valence-corrected chi connectivity index (χ2v) is 5.05. The lowest BCUT2D eigenvalue weighted by Crippen LogP contribution is -2.34. The Hall–Kier alpha value is -0.870. The lowest BCUT2D eigenvalue weighted by molar-refractivity contribution is 0.0215. The molecule has 1 saturated heterocycles. The summed E-state index contributed by atoms with van der Waals surface area (Å²) < 4.78 is 5.76. The maximum atomic E-state index is 6.11. The van der Waals surface area contributed by atoms with Crippen LogP contribution < -0.4 is 4.90 Å². The number of rotatable bonds is 4. The van der Waals surface area contributed by atoms with Gasteiger partial charge in [-0.15, -0.1) is 0 Å². The molecule has 0 saturated carbocycles. The SMILES string of the molecule is CCc1c(Cl)ncnc1N(C)CC1CCCCO1. The number of ether oxygens (including phenoxy) is 1. The highest BCUT2D eigenvalue weighted by atomic mass is 35.5. The molecular formula is C13H20ClN3O. The molecular weight excluding hydrogens is 250 g/mol. The normalized spacial score (nSPS) is 19.8. The lowest BCUT2D eigenvalue weighted by Gasteiger charge is -2.29. The van der Waals surface area contributed by atoms with E-state index in [4.69, 9.17) is 16.3 Å². The molecule has 1 fully saturated rings. The summed E-state index contributed by atoms with van der Waals surface area (Å²) >= 11 is 6.11. The summed E-state index contributed by atoms with van der Waals surface area (Å²) in [5.41, 5.74) is 1.01. The number of aromatic nitrogens is 2. The van der Waals surface area contributed by atoms with E-state index in [9.17, 15) is 0 Å². The van der Waals surface area contributed by atoms with Gasteiger partial charge in [-0.05, 0) is 25.7 Å². The molecule has 18 heavy (non-hydrogen) atoms. The van der Waals surface area contributed by atoms with E-state index >= 15 is 0 Å². The zero-order valence-corrected chi connectivity index (χ0v) is 11.8. The first-order chi connectivity index (χ1) is 8.72. The summed E-state index contributed by atoms with van der Waals surface area (Å²) in [6, 6.07) is 0. The van der Waals surface area contributed by atoms with Gasteiger partial charge in [0.2, 0.25) is 0 Å². The Morgan fingerprint density at radius 2 is 2.28 bits per heavy atom. The summed E-state index contributed by atoms with van der Waals surface area (Å²) in [7, 11) is 2.04. The van der Waals surface area contributed by atoms with Crippen LogP contribution in [0.5, 0.6) is 0 Å². The Kier molecular flexibility index (Phi) is 4.78. The van der Waals surface area contributed by atoms with E-state index in [2.05, 4.69) is 21.8 Å². The molecule has 4 nitrogen and oxygen atoms in total. The summed E-state index contributed by atoms with van der Waals surface area (Å²) in [5.74, 6) is 0.923. The maximum Gasteiger partial charge on any atom is 0.137 e. The van der Waals surface area contributed by atoms with Crippen LogP contribution in [0, 0.1) is 0 Å². The van der Waals surface area contributed by atoms with Gasteiger partial charge >= 0.3 is 0 Å². The van der Waals surface area contributed by atoms with Crippen molar-refractivity contribution in [3.8, 4) is 0 Å². The fourth-order valence-corrected chi connectivity index (χ4v) is 2.62. The molecule has 1 aliphatic rings. The molecule has 0 radical (unpaired) electrons. The van der Waals surface area contributed by atoms with Crippen LogP contribution in [0.1, 0.15) is 31.7 Å². The highest BCUT2D eigenvalue weighted by Crippen LogP contribution is 2.24. The zero-order valence-electron chi connectivity index (χ0n) is 11.0. The van der Waals surface area contributed by atoms with Crippen LogP contribution in [0.15, 0.2) is 6.33 Å². The van der Waals surface area contributed by atoms with Crippen LogP contribution in [0.2, 0.25) is 5.15 Å². The quantitative estimate of drug-likeness (QED) is 0.788. The predicted molar refractivity (Wildman–Crippen MR) is 73.3 cm³/mol. The lowest BCUT2D eigenvalue weighted by atomic mass is 10.1. The van der Waals surface area contributed by atoms with Crippen molar-refractivity contribution in [3.05, 3.63) is 17.0 Å². The van der Waals surface area contributed by atoms with Gasteiger partial charge < -0.3 is 9.64 Å². The van der Waals surface area contributed by atoms with E-state index in [1.165, 1.54) is 19.2 Å². The Labute approximate surface area is 113 Å². The van der Waals surface area contributed by atoms with Crippen LogP contribution >= 0.6 is 11.6 Å². The van der Waals surface area contributed by atoms with E-state index < -0.39 is 0 Å². The van der Waals surface area contributed by atoms with Gasteiger partial charge in [0.15, 0.2) is 0 Å². The number of likely N-dealkylation sites (N-methyl/N-ethyl adjacent to an activating group) is 1. The van der Waals surface area contributed by atoms with Crippen molar-refractivity contribution in [1.82, 2.24) is 9.97 Å². The average Bonchev–Trinajstić information content (AvgIpc) is 2.39. The molecule has 2 rings (SSSR count). The molecule has 0 aromatic carbocycles. The van der Waals surface area contributed by atoms with Gasteiger partial charge in [0, 0.05) is 25.8 Å². The number of halogens is 1. The Morgan fingerprint density at radius 3 is 2.94 bits per heavy atom. The first-order valence-electron chi connectivity index (χ1n) is 6.54. The van der Waals surface area contributed by atoms with Crippen molar-refractivity contribution >= 4 is 17.4 Å². The van der Waals surface area contributed by atoms with E-state index in [0.717, 1.165) is 37.4 Å². The van der Waals surface area contributed by atoms with Crippen LogP contribution in [-0.2, 0) is 11.2 Å². The number of anilines is 1. The topological polar surface area (TPSA) is 38.2 Å². The van der Waals surface area contributed by atoms with Crippen molar-refractivity contribution in [2.24, 2.45) is 0 Å². The summed E-state index contributed by atoms with van der Waals surface area (Å²) in [4.78, 5) is 10.5. The molecule has 1 atom stereocenters. The maximum absolute atomic E-state index is 6.11. The first-order valence-corrected chi connectivity index (χ1v) is 6.92. The van der Waals surface area contributed by atoms with E-state index in [1.54, 1.807) is 0 Å². The number of nitrogens with zero attached hydrogens (tertiary/aromatic N) is 3. The first kappa shape index (κ1) is 13.6. The van der Waals surface area contributed by atoms with E-state index in [-0.39, 0.29) is 0 Å². The molecule has 0 bridgehead atoms. The average molecular weight is 270 g/mol. The van der Waals surface area contributed by atoms with E-state index in [0.29, 0.717) is 11.3 Å². The van der Waals surface area contributed by atoms with Crippen molar-refractivity contribution in [1.29, 1.82) is 0 Å². The summed E-state index contributed by atoms with van der Waals surface area (Å²) in [5, 5.41) is 0.555. The molecule has 0 N–H and O–H groups in total. The molecule has 1 aromatic rings. The molecule has 100 valence electrons. The van der Waals surface area contributed by atoms with Gasteiger partial charge in [0.25, 0.3) is 0 Å². The molecule has 1 unspecified atom stereocenters. The summed E-state index contributed by atoms with van der Waals surface area (Å²) in [6.45, 7) is 3.81. The zero-order chi connectivity index (χ0) is 13.0. The summed E-state index contributed by atoms with van der Waals surface area (Å²) in [6.07, 6.45) is 6.23. The minimum absolute atomic E-state index is 0.308. The van der Waals surface area contributed by atoms with Gasteiger partial charge in [0.1, 0.15) is 17.3 Å². The Balaban J connectivity index is 2.07. The smallest absolute Gasteiger partial charge is 0.137 e. The molecule has 1 aromatic heterocycles. The second kappa shape index (κ2) is 6.34. The monoisotopic (exact) mass is 269 g/mol. The van der Waals surface area contributed by atoms with E-state index in [1.807, 2.05) is 7.05 Å². The molecule has 0 aliphatic carbocycles. The fraction of sp³-hybridized carbons (Fsp3) is 0.692. The van der Waals surface area contributed by atoms with Gasteiger partial charge in [0.05, 0.1) is 6.10 Å². The van der Waals surface area contributed by atoms with Gasteiger partial charge in [-0.3, -0.25) is 0 Å². The van der Waals surface area contributed by atoms with Crippen LogP contribution in [0.25, 0.3) is 0 Å². The molecule has 2 heterocycles. The third-order valence-corrected chi connectivity index (χ3v) is 3.66. The minimum atomic E-state index is 0.308.